The summed E-state index contributed by atoms with van der Waals surface area (Å²) in [5.74, 6) is 1.60. The average Bonchev–Trinajstić information content (AvgIpc) is 3.48. The Hall–Kier alpha value is -3.68. The third-order valence-corrected chi connectivity index (χ3v) is 6.00. The summed E-state index contributed by atoms with van der Waals surface area (Å²) < 4.78 is 10.9. The van der Waals surface area contributed by atoms with Crippen LogP contribution in [0.3, 0.4) is 0 Å². The molecule has 0 aliphatic carbocycles. The van der Waals surface area contributed by atoms with Gasteiger partial charge in [-0.15, -0.1) is 10.2 Å². The summed E-state index contributed by atoms with van der Waals surface area (Å²) >= 11 is 0. The van der Waals surface area contributed by atoms with Crippen molar-refractivity contribution in [3.05, 3.63) is 77.5 Å². The van der Waals surface area contributed by atoms with Crippen LogP contribution in [0.15, 0.2) is 59.0 Å². The molecule has 8 nitrogen and oxygen atoms in total. The summed E-state index contributed by atoms with van der Waals surface area (Å²) in [6, 6.07) is 16.8. The van der Waals surface area contributed by atoms with Gasteiger partial charge in [0.1, 0.15) is 5.75 Å². The maximum absolute atomic E-state index is 13.0. The second-order valence-corrected chi connectivity index (χ2v) is 8.25. The second-order valence-electron chi connectivity index (χ2n) is 8.25. The van der Waals surface area contributed by atoms with Crippen LogP contribution in [0.1, 0.15) is 40.0 Å². The van der Waals surface area contributed by atoms with Gasteiger partial charge in [0, 0.05) is 44.5 Å². The SMILES string of the molecule is COc1ccc(CCC(=O)N2C[C@H](CNC(=O)c3ccccc3)[C@@H](c3nnc(C)o3)C2)cc1. The van der Waals surface area contributed by atoms with E-state index in [-0.39, 0.29) is 23.7 Å². The molecule has 2 amide bonds. The van der Waals surface area contributed by atoms with Crippen molar-refractivity contribution in [2.45, 2.75) is 25.7 Å². The van der Waals surface area contributed by atoms with Crippen molar-refractivity contribution in [1.82, 2.24) is 20.4 Å². The van der Waals surface area contributed by atoms with E-state index in [2.05, 4.69) is 15.5 Å². The number of hydrogen-bond donors (Lipinski definition) is 1. The number of hydrogen-bond acceptors (Lipinski definition) is 6. The molecule has 8 heteroatoms. The molecule has 0 saturated carbocycles. The van der Waals surface area contributed by atoms with Crippen LogP contribution >= 0.6 is 0 Å². The van der Waals surface area contributed by atoms with Crippen LogP contribution in [0, 0.1) is 12.8 Å². The van der Waals surface area contributed by atoms with E-state index in [0.717, 1.165) is 11.3 Å². The lowest BCUT2D eigenvalue weighted by atomic mass is 9.96. The highest BCUT2D eigenvalue weighted by atomic mass is 16.5. The van der Waals surface area contributed by atoms with Crippen molar-refractivity contribution in [2.24, 2.45) is 5.92 Å². The fourth-order valence-corrected chi connectivity index (χ4v) is 4.14. The monoisotopic (exact) mass is 448 g/mol. The zero-order valence-electron chi connectivity index (χ0n) is 18.9. The van der Waals surface area contributed by atoms with Gasteiger partial charge in [-0.2, -0.15) is 0 Å². The number of carbonyl (C=O) groups excluding carboxylic acids is 2. The molecule has 0 radical (unpaired) electrons. The van der Waals surface area contributed by atoms with Gasteiger partial charge in [-0.05, 0) is 36.2 Å². The molecule has 1 saturated heterocycles. The molecule has 1 aromatic heterocycles. The fraction of sp³-hybridized carbons (Fsp3) is 0.360. The topological polar surface area (TPSA) is 97.6 Å². The van der Waals surface area contributed by atoms with Gasteiger partial charge >= 0.3 is 0 Å². The molecule has 2 heterocycles. The molecule has 3 aromatic rings. The Bertz CT molecular complexity index is 1080. The Balaban J connectivity index is 1.39. The third-order valence-electron chi connectivity index (χ3n) is 6.00. The van der Waals surface area contributed by atoms with Crippen LogP contribution < -0.4 is 10.1 Å². The molecule has 0 unspecified atom stereocenters. The number of benzene rings is 2. The van der Waals surface area contributed by atoms with Gasteiger partial charge in [-0.3, -0.25) is 9.59 Å². The zero-order chi connectivity index (χ0) is 23.2. The molecular formula is C25H28N4O4. The van der Waals surface area contributed by atoms with Crippen molar-refractivity contribution in [3.63, 3.8) is 0 Å². The van der Waals surface area contributed by atoms with Crippen molar-refractivity contribution in [2.75, 3.05) is 26.7 Å². The molecule has 2 aromatic carbocycles. The van der Waals surface area contributed by atoms with Crippen molar-refractivity contribution in [1.29, 1.82) is 0 Å². The van der Waals surface area contributed by atoms with E-state index < -0.39 is 0 Å². The number of nitrogens with one attached hydrogen (secondary N) is 1. The first kappa shape index (κ1) is 22.5. The Labute approximate surface area is 193 Å². The predicted octanol–water partition coefficient (Wildman–Crippen LogP) is 2.99. The molecule has 2 atom stereocenters. The number of rotatable bonds is 8. The van der Waals surface area contributed by atoms with Gasteiger partial charge in [-0.1, -0.05) is 30.3 Å². The highest BCUT2D eigenvalue weighted by Crippen LogP contribution is 2.32. The lowest BCUT2D eigenvalue weighted by Gasteiger charge is -2.17. The maximum Gasteiger partial charge on any atom is 0.251 e. The van der Waals surface area contributed by atoms with Crippen molar-refractivity contribution < 1.29 is 18.7 Å². The summed E-state index contributed by atoms with van der Waals surface area (Å²) in [6.07, 6.45) is 1.06. The number of aryl methyl sites for hydroxylation is 2. The van der Waals surface area contributed by atoms with Crippen molar-refractivity contribution in [3.8, 4) is 5.75 Å². The smallest absolute Gasteiger partial charge is 0.251 e. The number of carbonyl (C=O) groups is 2. The van der Waals surface area contributed by atoms with E-state index in [0.29, 0.717) is 49.8 Å². The number of aromatic nitrogens is 2. The largest absolute Gasteiger partial charge is 0.497 e. The van der Waals surface area contributed by atoms with E-state index in [1.807, 2.05) is 47.4 Å². The first-order chi connectivity index (χ1) is 16.0. The number of likely N-dealkylation sites (tertiary alicyclic amines) is 1. The van der Waals surface area contributed by atoms with Crippen LogP contribution in [0.25, 0.3) is 0 Å². The third kappa shape index (κ3) is 5.58. The molecule has 1 aliphatic heterocycles. The Morgan fingerprint density at radius 1 is 1.09 bits per heavy atom. The second kappa shape index (κ2) is 10.3. The molecule has 0 bridgehead atoms. The number of amides is 2. The number of nitrogens with zero attached hydrogens (tertiary/aromatic N) is 3. The first-order valence-corrected chi connectivity index (χ1v) is 11.1. The van der Waals surface area contributed by atoms with Gasteiger partial charge in [0.05, 0.1) is 13.0 Å². The highest BCUT2D eigenvalue weighted by molar-refractivity contribution is 5.94. The highest BCUT2D eigenvalue weighted by Gasteiger charge is 2.39. The molecular weight excluding hydrogens is 420 g/mol. The zero-order valence-corrected chi connectivity index (χ0v) is 18.9. The lowest BCUT2D eigenvalue weighted by molar-refractivity contribution is -0.130. The van der Waals surface area contributed by atoms with E-state index in [1.165, 1.54) is 0 Å². The van der Waals surface area contributed by atoms with Gasteiger partial charge in [0.15, 0.2) is 0 Å². The maximum atomic E-state index is 13.0. The molecule has 172 valence electrons. The predicted molar refractivity (Wildman–Crippen MR) is 122 cm³/mol. The normalized spacial score (nSPS) is 17.7. The molecule has 1 aliphatic rings. The molecule has 4 rings (SSSR count). The average molecular weight is 449 g/mol. The van der Waals surface area contributed by atoms with E-state index >= 15 is 0 Å². The summed E-state index contributed by atoms with van der Waals surface area (Å²) in [6.45, 7) is 3.19. The van der Waals surface area contributed by atoms with Crippen LogP contribution in [0.4, 0.5) is 0 Å². The minimum Gasteiger partial charge on any atom is -0.497 e. The molecule has 0 spiro atoms. The fourth-order valence-electron chi connectivity index (χ4n) is 4.14. The minimum absolute atomic E-state index is 0.0116. The Morgan fingerprint density at radius 3 is 2.52 bits per heavy atom. The van der Waals surface area contributed by atoms with Gasteiger partial charge < -0.3 is 19.4 Å². The Morgan fingerprint density at radius 2 is 1.85 bits per heavy atom. The Kier molecular flexibility index (Phi) is 7.02. The lowest BCUT2D eigenvalue weighted by Crippen LogP contribution is -2.33. The van der Waals surface area contributed by atoms with Crippen LogP contribution in [0.5, 0.6) is 5.75 Å². The van der Waals surface area contributed by atoms with Crippen LogP contribution in [-0.4, -0.2) is 53.7 Å². The van der Waals surface area contributed by atoms with Gasteiger partial charge in [0.2, 0.25) is 17.7 Å². The minimum atomic E-state index is -0.139. The van der Waals surface area contributed by atoms with Gasteiger partial charge in [0.25, 0.3) is 5.91 Å². The summed E-state index contributed by atoms with van der Waals surface area (Å²) in [7, 11) is 1.63. The quantitative estimate of drug-likeness (QED) is 0.569. The van der Waals surface area contributed by atoms with Crippen LogP contribution in [-0.2, 0) is 11.2 Å². The molecule has 33 heavy (non-hydrogen) atoms. The van der Waals surface area contributed by atoms with Crippen molar-refractivity contribution >= 4 is 11.8 Å². The molecule has 1 fully saturated rings. The van der Waals surface area contributed by atoms with Gasteiger partial charge in [-0.25, -0.2) is 0 Å². The van der Waals surface area contributed by atoms with E-state index in [4.69, 9.17) is 9.15 Å². The number of ether oxygens (including phenoxy) is 1. The van der Waals surface area contributed by atoms with E-state index in [9.17, 15) is 9.59 Å². The summed E-state index contributed by atoms with van der Waals surface area (Å²) in [4.78, 5) is 27.3. The molecule has 1 N–H and O–H groups in total. The van der Waals surface area contributed by atoms with Crippen LogP contribution in [0.2, 0.25) is 0 Å². The summed E-state index contributed by atoms with van der Waals surface area (Å²) in [5.41, 5.74) is 1.69. The first-order valence-electron chi connectivity index (χ1n) is 11.1. The summed E-state index contributed by atoms with van der Waals surface area (Å²) in [5, 5.41) is 11.1. The number of methoxy groups -OCH3 is 1. The van der Waals surface area contributed by atoms with E-state index in [1.54, 1.807) is 26.2 Å². The standard InChI is InChI=1S/C25H28N4O4/c1-17-27-28-25(33-17)22-16-29(23(30)13-10-18-8-11-21(32-2)12-9-18)15-20(22)14-26-24(31)19-6-4-3-5-7-19/h3-9,11-12,20,22H,10,13-16H2,1-2H3,(H,26,31)/t20-,22-/m0/s1.